The molecule has 2 aromatic heterocycles. The van der Waals surface area contributed by atoms with Crippen LogP contribution < -0.4 is 0 Å². The molecule has 0 amide bonds. The molecule has 0 atom stereocenters. The zero-order valence-corrected chi connectivity index (χ0v) is 36.6. The van der Waals surface area contributed by atoms with Crippen LogP contribution >= 0.6 is 11.3 Å². The summed E-state index contributed by atoms with van der Waals surface area (Å²) in [5, 5.41) is 4.94. The maximum absolute atomic E-state index is 5.55. The summed E-state index contributed by atoms with van der Waals surface area (Å²) in [6, 6.07) is 85.2. The van der Waals surface area contributed by atoms with Gasteiger partial charge in [-0.25, -0.2) is 15.0 Å². The Labute approximate surface area is 387 Å². The molecule has 0 radical (unpaired) electrons. The number of hydrogen-bond donors (Lipinski definition) is 0. The Morgan fingerprint density at radius 3 is 1.61 bits per heavy atom. The van der Waals surface area contributed by atoms with Gasteiger partial charge in [0.05, 0.1) is 5.41 Å². The Morgan fingerprint density at radius 2 is 0.818 bits per heavy atom. The van der Waals surface area contributed by atoms with E-state index >= 15 is 0 Å². The summed E-state index contributed by atoms with van der Waals surface area (Å²) < 4.78 is 2.54. The lowest BCUT2D eigenvalue weighted by Crippen LogP contribution is -2.28. The third-order valence-corrected chi connectivity index (χ3v) is 14.6. The zero-order valence-electron chi connectivity index (χ0n) is 35.8. The van der Waals surface area contributed by atoms with E-state index in [9.17, 15) is 0 Å². The van der Waals surface area contributed by atoms with E-state index in [2.05, 4.69) is 218 Å². The van der Waals surface area contributed by atoms with Gasteiger partial charge in [-0.15, -0.1) is 11.3 Å². The lowest BCUT2D eigenvalue weighted by molar-refractivity contribution is 0.768. The minimum Gasteiger partial charge on any atom is -0.208 e. The van der Waals surface area contributed by atoms with Crippen LogP contribution in [0.2, 0.25) is 0 Å². The molecule has 0 N–H and O–H groups in total. The molecule has 1 aliphatic carbocycles. The number of hydrogen-bond acceptors (Lipinski definition) is 4. The number of benzene rings is 10. The summed E-state index contributed by atoms with van der Waals surface area (Å²) in [6.07, 6.45) is 0. The van der Waals surface area contributed by atoms with Gasteiger partial charge in [0.25, 0.3) is 0 Å². The average molecular weight is 858 g/mol. The van der Waals surface area contributed by atoms with Gasteiger partial charge in [-0.05, 0) is 90.7 Å². The molecule has 12 aromatic rings. The lowest BCUT2D eigenvalue weighted by Gasteiger charge is -2.33. The van der Waals surface area contributed by atoms with Crippen LogP contribution in [0.1, 0.15) is 22.3 Å². The van der Waals surface area contributed by atoms with Crippen molar-refractivity contribution in [3.05, 3.63) is 259 Å². The maximum atomic E-state index is 5.55. The highest BCUT2D eigenvalue weighted by Gasteiger charge is 2.47. The molecule has 0 saturated heterocycles. The molecule has 0 bridgehead atoms. The van der Waals surface area contributed by atoms with Crippen LogP contribution in [0.25, 0.3) is 98.5 Å². The predicted octanol–water partition coefficient (Wildman–Crippen LogP) is 16.1. The monoisotopic (exact) mass is 857 g/mol. The lowest BCUT2D eigenvalue weighted by atomic mass is 9.67. The van der Waals surface area contributed by atoms with Crippen molar-refractivity contribution in [2.24, 2.45) is 0 Å². The first kappa shape index (κ1) is 38.2. The molecule has 308 valence electrons. The Bertz CT molecular complexity index is 3780. The van der Waals surface area contributed by atoms with Crippen LogP contribution in [0, 0.1) is 0 Å². The van der Waals surface area contributed by atoms with E-state index in [0.717, 1.165) is 38.9 Å². The first-order chi connectivity index (χ1) is 32.7. The summed E-state index contributed by atoms with van der Waals surface area (Å²) in [6.45, 7) is 0. The van der Waals surface area contributed by atoms with Crippen molar-refractivity contribution >= 4 is 42.3 Å². The third-order valence-electron chi connectivity index (χ3n) is 13.4. The van der Waals surface area contributed by atoms with E-state index in [4.69, 9.17) is 15.0 Å². The molecule has 0 spiro atoms. The van der Waals surface area contributed by atoms with Crippen LogP contribution in [0.5, 0.6) is 0 Å². The highest BCUT2D eigenvalue weighted by atomic mass is 32.1. The second kappa shape index (κ2) is 15.4. The van der Waals surface area contributed by atoms with E-state index in [1.807, 2.05) is 29.5 Å². The van der Waals surface area contributed by atoms with Crippen molar-refractivity contribution < 1.29 is 0 Å². The van der Waals surface area contributed by atoms with Crippen molar-refractivity contribution in [3.8, 4) is 67.5 Å². The fourth-order valence-electron chi connectivity index (χ4n) is 10.5. The van der Waals surface area contributed by atoms with Crippen molar-refractivity contribution in [1.29, 1.82) is 0 Å². The fourth-order valence-corrected chi connectivity index (χ4v) is 11.8. The van der Waals surface area contributed by atoms with E-state index in [1.54, 1.807) is 0 Å². The van der Waals surface area contributed by atoms with Gasteiger partial charge in [-0.3, -0.25) is 0 Å². The van der Waals surface area contributed by atoms with Gasteiger partial charge in [-0.1, -0.05) is 212 Å². The van der Waals surface area contributed by atoms with Crippen LogP contribution in [-0.2, 0) is 5.41 Å². The maximum Gasteiger partial charge on any atom is 0.164 e. The Balaban J connectivity index is 1.09. The molecule has 0 unspecified atom stereocenters. The van der Waals surface area contributed by atoms with E-state index in [1.165, 1.54) is 64.3 Å². The molecule has 4 heteroatoms. The van der Waals surface area contributed by atoms with Crippen LogP contribution in [0.3, 0.4) is 0 Å². The third kappa shape index (κ3) is 5.99. The summed E-state index contributed by atoms with van der Waals surface area (Å²) >= 11 is 1.85. The Hall–Kier alpha value is -8.31. The fraction of sp³-hybridized carbons (Fsp3) is 0.0161. The molecule has 3 nitrogen and oxygen atoms in total. The van der Waals surface area contributed by atoms with E-state index in [-0.39, 0.29) is 0 Å². The van der Waals surface area contributed by atoms with Gasteiger partial charge in [0.1, 0.15) is 0 Å². The van der Waals surface area contributed by atoms with Gasteiger partial charge in [-0.2, -0.15) is 0 Å². The molecule has 10 aromatic carbocycles. The average Bonchev–Trinajstić information content (AvgIpc) is 3.93. The second-order valence-electron chi connectivity index (χ2n) is 17.0. The van der Waals surface area contributed by atoms with Crippen molar-refractivity contribution in [2.45, 2.75) is 5.41 Å². The summed E-state index contributed by atoms with van der Waals surface area (Å²) in [4.78, 5) is 16.3. The minimum absolute atomic E-state index is 0.558. The summed E-state index contributed by atoms with van der Waals surface area (Å²) in [7, 11) is 0. The molecule has 13 rings (SSSR count). The van der Waals surface area contributed by atoms with Crippen molar-refractivity contribution in [3.63, 3.8) is 0 Å². The number of rotatable bonds is 7. The largest absolute Gasteiger partial charge is 0.208 e. The van der Waals surface area contributed by atoms with Crippen molar-refractivity contribution in [2.75, 3.05) is 0 Å². The number of fused-ring (bicyclic) bond motifs is 7. The van der Waals surface area contributed by atoms with Crippen LogP contribution in [0.15, 0.2) is 237 Å². The molecule has 66 heavy (non-hydrogen) atoms. The van der Waals surface area contributed by atoms with Crippen LogP contribution in [0.4, 0.5) is 0 Å². The van der Waals surface area contributed by atoms with Crippen LogP contribution in [-0.4, -0.2) is 15.0 Å². The number of nitrogens with zero attached hydrogens (tertiary/aromatic N) is 3. The summed E-state index contributed by atoms with van der Waals surface area (Å²) in [5.41, 5.74) is 14.0. The molecular weight excluding hydrogens is 819 g/mol. The normalized spacial score (nSPS) is 12.7. The predicted molar refractivity (Wildman–Crippen MR) is 275 cm³/mol. The van der Waals surface area contributed by atoms with Crippen molar-refractivity contribution in [1.82, 2.24) is 15.0 Å². The van der Waals surface area contributed by atoms with Gasteiger partial charge >= 0.3 is 0 Å². The zero-order chi connectivity index (χ0) is 43.6. The summed E-state index contributed by atoms with van der Waals surface area (Å²) in [5.74, 6) is 1.87. The number of aromatic nitrogens is 3. The molecule has 0 saturated carbocycles. The van der Waals surface area contributed by atoms with Gasteiger partial charge in [0.15, 0.2) is 17.5 Å². The Morgan fingerprint density at radius 1 is 0.318 bits per heavy atom. The smallest absolute Gasteiger partial charge is 0.164 e. The first-order valence-corrected chi connectivity index (χ1v) is 23.2. The quantitative estimate of drug-likeness (QED) is 0.160. The molecule has 2 heterocycles. The second-order valence-corrected chi connectivity index (χ2v) is 18.1. The van der Waals surface area contributed by atoms with E-state index in [0.29, 0.717) is 17.5 Å². The highest BCUT2D eigenvalue weighted by Crippen LogP contribution is 2.58. The highest BCUT2D eigenvalue weighted by molar-refractivity contribution is 7.26. The molecule has 0 aliphatic heterocycles. The standard InChI is InChI=1S/C62H39N3S/c1-4-20-41(21-5-1)59-63-60(65-61(64-59)53-33-18-35-55-57(53)52-29-12-14-34-54(52)62(55,45-23-6-2-7-24-45)46-25-8-3-9-26-46)44-38-42(48-30-16-22-40-19-10-11-27-47(40)48)37-43(39-44)49-31-17-32-51-50-28-13-15-36-56(50)66-58(49)51/h1-39H. The van der Waals surface area contributed by atoms with Gasteiger partial charge in [0, 0.05) is 36.9 Å². The van der Waals surface area contributed by atoms with Gasteiger partial charge < -0.3 is 0 Å². The minimum atomic E-state index is -0.558. The molecular formula is C62H39N3S. The topological polar surface area (TPSA) is 38.7 Å². The van der Waals surface area contributed by atoms with Gasteiger partial charge in [0.2, 0.25) is 0 Å². The SMILES string of the molecule is c1ccc(-c2nc(-c3cc(-c4cccc5ccccc45)cc(-c4cccc5c4sc4ccccc45)c3)nc(-c3cccc4c3-c3ccccc3C4(c3ccccc3)c3ccccc3)n2)cc1. The first-order valence-electron chi connectivity index (χ1n) is 22.4. The Kier molecular flexibility index (Phi) is 8.93. The van der Waals surface area contributed by atoms with E-state index < -0.39 is 5.41 Å². The molecule has 1 aliphatic rings. The number of thiophene rings is 1. The molecule has 0 fully saturated rings.